The third kappa shape index (κ3) is 2.90. The van der Waals surface area contributed by atoms with Crippen LogP contribution in [0.2, 0.25) is 0 Å². The van der Waals surface area contributed by atoms with E-state index in [1.165, 1.54) is 13.8 Å². The first-order chi connectivity index (χ1) is 7.43. The Kier molecular flexibility index (Phi) is 5.93. The lowest BCUT2D eigenvalue weighted by Gasteiger charge is -2.24. The van der Waals surface area contributed by atoms with Crippen molar-refractivity contribution in [1.29, 1.82) is 0 Å². The van der Waals surface area contributed by atoms with E-state index in [4.69, 9.17) is 4.74 Å². The Balaban J connectivity index is 4.83. The van der Waals surface area contributed by atoms with Crippen LogP contribution in [0.3, 0.4) is 0 Å². The number of carbonyl (C=O) groups excluding carboxylic acids is 3. The second kappa shape index (κ2) is 6.40. The van der Waals surface area contributed by atoms with Gasteiger partial charge in [0.15, 0.2) is 17.0 Å². The highest BCUT2D eigenvalue weighted by Crippen LogP contribution is 2.26. The third-order valence-corrected chi connectivity index (χ3v) is 2.81. The molecule has 0 radical (unpaired) electrons. The number of ether oxygens (including phenoxy) is 1. The second-order valence-corrected chi connectivity index (χ2v) is 3.86. The Hall–Kier alpha value is -1.19. The van der Waals surface area contributed by atoms with Gasteiger partial charge in [0.2, 0.25) is 0 Å². The molecule has 0 N–H and O–H groups in total. The number of rotatable bonds is 7. The van der Waals surface area contributed by atoms with E-state index in [-0.39, 0.29) is 13.0 Å². The van der Waals surface area contributed by atoms with E-state index in [2.05, 4.69) is 0 Å². The highest BCUT2D eigenvalue weighted by Gasteiger charge is 2.47. The largest absolute Gasteiger partial charge is 0.465 e. The molecule has 0 atom stereocenters. The summed E-state index contributed by atoms with van der Waals surface area (Å²) >= 11 is 0. The monoisotopic (exact) mass is 228 g/mol. The molecule has 0 fully saturated rings. The molecule has 0 spiro atoms. The fraction of sp³-hybridized carbons (Fsp3) is 0.750. The van der Waals surface area contributed by atoms with Gasteiger partial charge in [0.25, 0.3) is 0 Å². The molecular weight excluding hydrogens is 208 g/mol. The summed E-state index contributed by atoms with van der Waals surface area (Å²) in [4.78, 5) is 34.8. The highest BCUT2D eigenvalue weighted by molar-refractivity contribution is 6.21. The Morgan fingerprint density at radius 3 is 1.88 bits per heavy atom. The van der Waals surface area contributed by atoms with E-state index < -0.39 is 23.0 Å². The first kappa shape index (κ1) is 14.8. The van der Waals surface area contributed by atoms with Crippen molar-refractivity contribution in [2.45, 2.75) is 47.0 Å². The SMILES string of the molecule is CCCCOC(=O)C(CC)(C(C)=O)C(C)=O. The Morgan fingerprint density at radius 2 is 1.56 bits per heavy atom. The molecule has 0 unspecified atom stereocenters. The molecule has 92 valence electrons. The quantitative estimate of drug-likeness (QED) is 0.379. The molecule has 16 heavy (non-hydrogen) atoms. The smallest absolute Gasteiger partial charge is 0.327 e. The lowest BCUT2D eigenvalue weighted by atomic mass is 9.78. The summed E-state index contributed by atoms with van der Waals surface area (Å²) in [5.41, 5.74) is -1.59. The molecule has 0 aromatic heterocycles. The van der Waals surface area contributed by atoms with E-state index in [1.54, 1.807) is 6.92 Å². The summed E-state index contributed by atoms with van der Waals surface area (Å²) < 4.78 is 4.98. The van der Waals surface area contributed by atoms with Crippen LogP contribution in [0.5, 0.6) is 0 Å². The predicted octanol–water partition coefficient (Wildman–Crippen LogP) is 1.90. The van der Waals surface area contributed by atoms with Crippen LogP contribution in [0.15, 0.2) is 0 Å². The maximum absolute atomic E-state index is 11.8. The van der Waals surface area contributed by atoms with Crippen LogP contribution in [0.4, 0.5) is 0 Å². The van der Waals surface area contributed by atoms with Gasteiger partial charge in [-0.25, -0.2) is 0 Å². The molecule has 0 heterocycles. The number of hydrogen-bond acceptors (Lipinski definition) is 4. The average molecular weight is 228 g/mol. The number of hydrogen-bond donors (Lipinski definition) is 0. The van der Waals surface area contributed by atoms with Gasteiger partial charge in [-0.15, -0.1) is 0 Å². The van der Waals surface area contributed by atoms with Crippen molar-refractivity contribution >= 4 is 17.5 Å². The number of ketones is 2. The Labute approximate surface area is 96.4 Å². The summed E-state index contributed by atoms with van der Waals surface area (Å²) in [5, 5.41) is 0. The van der Waals surface area contributed by atoms with Crippen molar-refractivity contribution in [3.05, 3.63) is 0 Å². The fourth-order valence-corrected chi connectivity index (χ4v) is 1.61. The molecule has 0 rings (SSSR count). The number of unbranched alkanes of at least 4 members (excludes halogenated alkanes) is 1. The summed E-state index contributed by atoms with van der Waals surface area (Å²) in [6.45, 7) is 6.39. The Morgan fingerprint density at radius 1 is 1.06 bits per heavy atom. The molecule has 0 saturated carbocycles. The van der Waals surface area contributed by atoms with Crippen LogP contribution in [-0.4, -0.2) is 24.1 Å². The molecule has 0 aliphatic heterocycles. The molecule has 0 bridgehead atoms. The standard InChI is InChI=1S/C12H20O4/c1-5-7-8-16-11(15)12(6-2,9(3)13)10(4)14/h5-8H2,1-4H3. The second-order valence-electron chi connectivity index (χ2n) is 3.86. The van der Waals surface area contributed by atoms with E-state index in [0.717, 1.165) is 12.8 Å². The van der Waals surface area contributed by atoms with Crippen molar-refractivity contribution in [2.24, 2.45) is 5.41 Å². The number of Topliss-reactive ketones (excluding diaryl/α,β-unsaturated/α-hetero) is 2. The summed E-state index contributed by atoms with van der Waals surface area (Å²) in [6.07, 6.45) is 1.79. The average Bonchev–Trinajstić information content (AvgIpc) is 2.18. The van der Waals surface area contributed by atoms with Crippen LogP contribution >= 0.6 is 0 Å². The minimum Gasteiger partial charge on any atom is -0.465 e. The Bertz CT molecular complexity index is 267. The van der Waals surface area contributed by atoms with Gasteiger partial charge in [0.1, 0.15) is 0 Å². The molecule has 0 amide bonds. The minimum absolute atomic E-state index is 0.155. The van der Waals surface area contributed by atoms with Crippen LogP contribution in [0, 0.1) is 5.41 Å². The van der Waals surface area contributed by atoms with E-state index in [0.29, 0.717) is 0 Å². The topological polar surface area (TPSA) is 60.4 Å². The van der Waals surface area contributed by atoms with Crippen LogP contribution < -0.4 is 0 Å². The van der Waals surface area contributed by atoms with Crippen LogP contribution in [-0.2, 0) is 19.1 Å². The van der Waals surface area contributed by atoms with Gasteiger partial charge in [-0.1, -0.05) is 20.3 Å². The lowest BCUT2D eigenvalue weighted by molar-refractivity contribution is -0.163. The zero-order valence-corrected chi connectivity index (χ0v) is 10.5. The fourth-order valence-electron chi connectivity index (χ4n) is 1.61. The van der Waals surface area contributed by atoms with E-state index in [1.807, 2.05) is 6.92 Å². The molecule has 0 aromatic rings. The van der Waals surface area contributed by atoms with Crippen molar-refractivity contribution in [3.63, 3.8) is 0 Å². The van der Waals surface area contributed by atoms with Crippen molar-refractivity contribution < 1.29 is 19.1 Å². The van der Waals surface area contributed by atoms with Crippen LogP contribution in [0.25, 0.3) is 0 Å². The van der Waals surface area contributed by atoms with Gasteiger partial charge in [-0.05, 0) is 26.7 Å². The zero-order valence-electron chi connectivity index (χ0n) is 10.5. The molecular formula is C12H20O4. The first-order valence-corrected chi connectivity index (χ1v) is 5.62. The van der Waals surface area contributed by atoms with Crippen molar-refractivity contribution in [3.8, 4) is 0 Å². The van der Waals surface area contributed by atoms with Crippen molar-refractivity contribution in [1.82, 2.24) is 0 Å². The predicted molar refractivity (Wildman–Crippen MR) is 60.0 cm³/mol. The zero-order chi connectivity index (χ0) is 12.8. The first-order valence-electron chi connectivity index (χ1n) is 5.62. The summed E-state index contributed by atoms with van der Waals surface area (Å²) in [7, 11) is 0. The van der Waals surface area contributed by atoms with Gasteiger partial charge >= 0.3 is 5.97 Å². The third-order valence-electron chi connectivity index (χ3n) is 2.81. The van der Waals surface area contributed by atoms with Gasteiger partial charge in [0.05, 0.1) is 6.61 Å². The molecule has 4 heteroatoms. The van der Waals surface area contributed by atoms with Crippen molar-refractivity contribution in [2.75, 3.05) is 6.61 Å². The molecule has 4 nitrogen and oxygen atoms in total. The van der Waals surface area contributed by atoms with Gasteiger partial charge in [-0.3, -0.25) is 14.4 Å². The highest BCUT2D eigenvalue weighted by atomic mass is 16.5. The maximum Gasteiger partial charge on any atom is 0.327 e. The minimum atomic E-state index is -1.59. The lowest BCUT2D eigenvalue weighted by Crippen LogP contribution is -2.45. The van der Waals surface area contributed by atoms with Gasteiger partial charge in [-0.2, -0.15) is 0 Å². The van der Waals surface area contributed by atoms with E-state index >= 15 is 0 Å². The normalized spacial score (nSPS) is 11.0. The van der Waals surface area contributed by atoms with Crippen LogP contribution in [0.1, 0.15) is 47.0 Å². The van der Waals surface area contributed by atoms with E-state index in [9.17, 15) is 14.4 Å². The number of esters is 1. The van der Waals surface area contributed by atoms with Gasteiger partial charge in [0, 0.05) is 0 Å². The maximum atomic E-state index is 11.8. The number of carbonyl (C=O) groups is 3. The summed E-state index contributed by atoms with van der Waals surface area (Å²) in [6, 6.07) is 0. The molecule has 0 aliphatic rings. The molecule has 0 aromatic carbocycles. The summed E-state index contributed by atoms with van der Waals surface area (Å²) in [5.74, 6) is -1.59. The van der Waals surface area contributed by atoms with Gasteiger partial charge < -0.3 is 4.74 Å². The molecule has 0 aliphatic carbocycles. The molecule has 0 saturated heterocycles.